The summed E-state index contributed by atoms with van der Waals surface area (Å²) in [6, 6.07) is 5.95. The third kappa shape index (κ3) is 1.63. The number of hydrogen-bond acceptors (Lipinski definition) is 1. The van der Waals surface area contributed by atoms with Gasteiger partial charge in [0.2, 0.25) is 0 Å². The highest BCUT2D eigenvalue weighted by atomic mass is 79.9. The first-order chi connectivity index (χ1) is 7.22. The Morgan fingerprint density at radius 2 is 2.20 bits per heavy atom. The van der Waals surface area contributed by atoms with Crippen LogP contribution in [0, 0.1) is 6.57 Å². The second kappa shape index (κ2) is 3.86. The van der Waals surface area contributed by atoms with Gasteiger partial charge in [0.25, 0.3) is 5.54 Å². The Balaban J connectivity index is 2.41. The molecule has 15 heavy (non-hydrogen) atoms. The van der Waals surface area contributed by atoms with E-state index in [9.17, 15) is 0 Å². The molecule has 0 aliphatic heterocycles. The van der Waals surface area contributed by atoms with Gasteiger partial charge < -0.3 is 9.58 Å². The lowest BCUT2D eigenvalue weighted by Crippen LogP contribution is -2.30. The van der Waals surface area contributed by atoms with E-state index in [4.69, 9.17) is 11.3 Å². The van der Waals surface area contributed by atoms with Gasteiger partial charge in [-0.1, -0.05) is 0 Å². The van der Waals surface area contributed by atoms with Crippen molar-refractivity contribution in [2.75, 3.05) is 7.11 Å². The number of ether oxygens (including phenoxy) is 1. The van der Waals surface area contributed by atoms with E-state index in [1.54, 1.807) is 7.11 Å². The van der Waals surface area contributed by atoms with Crippen molar-refractivity contribution in [1.82, 2.24) is 0 Å². The standard InChI is InChI=1S/C12H12BrNO/c1-14-12(6-3-7-12)9-4-5-10(13)11(8-9)15-2/h4-5,8H,3,6-7H2,2H3. The molecule has 1 aromatic carbocycles. The van der Waals surface area contributed by atoms with Gasteiger partial charge in [-0.2, -0.15) is 0 Å². The van der Waals surface area contributed by atoms with Gasteiger partial charge in [0, 0.05) is 18.4 Å². The molecule has 0 aromatic heterocycles. The molecule has 2 nitrogen and oxygen atoms in total. The van der Waals surface area contributed by atoms with Gasteiger partial charge in [-0.3, -0.25) is 0 Å². The highest BCUT2D eigenvalue weighted by molar-refractivity contribution is 9.10. The number of nitrogens with zero attached hydrogens (tertiary/aromatic N) is 1. The predicted molar refractivity (Wildman–Crippen MR) is 62.8 cm³/mol. The quantitative estimate of drug-likeness (QED) is 0.743. The first-order valence-electron chi connectivity index (χ1n) is 4.94. The van der Waals surface area contributed by atoms with Gasteiger partial charge in [0.05, 0.1) is 11.6 Å². The van der Waals surface area contributed by atoms with E-state index in [0.717, 1.165) is 35.0 Å². The van der Waals surface area contributed by atoms with Crippen LogP contribution in [0.5, 0.6) is 5.75 Å². The third-order valence-corrected chi connectivity index (χ3v) is 3.74. The lowest BCUT2D eigenvalue weighted by Gasteiger charge is -2.30. The van der Waals surface area contributed by atoms with Crippen molar-refractivity contribution < 1.29 is 4.74 Å². The molecule has 1 saturated carbocycles. The number of halogens is 1. The molecule has 1 aromatic rings. The molecule has 0 amide bonds. The van der Waals surface area contributed by atoms with Crippen LogP contribution in [-0.2, 0) is 5.54 Å². The van der Waals surface area contributed by atoms with E-state index in [2.05, 4.69) is 20.8 Å². The lowest BCUT2D eigenvalue weighted by atomic mass is 9.72. The summed E-state index contributed by atoms with van der Waals surface area (Å²) >= 11 is 3.42. The van der Waals surface area contributed by atoms with Crippen LogP contribution in [0.25, 0.3) is 4.85 Å². The molecule has 0 radical (unpaired) electrons. The van der Waals surface area contributed by atoms with Crippen molar-refractivity contribution in [1.29, 1.82) is 0 Å². The molecule has 1 fully saturated rings. The second-order valence-electron chi connectivity index (χ2n) is 3.85. The molecule has 0 bridgehead atoms. The van der Waals surface area contributed by atoms with Crippen LogP contribution in [0.2, 0.25) is 0 Å². The van der Waals surface area contributed by atoms with Crippen molar-refractivity contribution in [2.24, 2.45) is 0 Å². The summed E-state index contributed by atoms with van der Waals surface area (Å²) in [6.07, 6.45) is 3.10. The second-order valence-corrected chi connectivity index (χ2v) is 4.70. The number of methoxy groups -OCH3 is 1. The molecule has 0 atom stereocenters. The molecule has 0 spiro atoms. The zero-order chi connectivity index (χ0) is 10.9. The Morgan fingerprint density at radius 1 is 1.47 bits per heavy atom. The maximum atomic E-state index is 7.30. The zero-order valence-electron chi connectivity index (χ0n) is 8.59. The molecule has 0 unspecified atom stereocenters. The predicted octanol–water partition coefficient (Wildman–Crippen LogP) is 3.76. The summed E-state index contributed by atoms with van der Waals surface area (Å²) in [7, 11) is 1.65. The Morgan fingerprint density at radius 3 is 2.67 bits per heavy atom. The third-order valence-electron chi connectivity index (χ3n) is 3.08. The minimum atomic E-state index is -0.270. The fourth-order valence-electron chi connectivity index (χ4n) is 1.93. The van der Waals surface area contributed by atoms with E-state index in [-0.39, 0.29) is 5.54 Å². The average Bonchev–Trinajstić information content (AvgIpc) is 2.19. The molecule has 1 aliphatic carbocycles. The average molecular weight is 266 g/mol. The summed E-state index contributed by atoms with van der Waals surface area (Å²) in [5.41, 5.74) is 0.817. The Bertz CT molecular complexity index is 418. The number of rotatable bonds is 2. The van der Waals surface area contributed by atoms with Crippen molar-refractivity contribution in [2.45, 2.75) is 24.8 Å². The van der Waals surface area contributed by atoms with E-state index >= 15 is 0 Å². The van der Waals surface area contributed by atoms with Crippen molar-refractivity contribution in [3.63, 3.8) is 0 Å². The summed E-state index contributed by atoms with van der Waals surface area (Å²) in [5.74, 6) is 0.808. The minimum Gasteiger partial charge on any atom is -0.496 e. The highest BCUT2D eigenvalue weighted by Crippen LogP contribution is 2.46. The monoisotopic (exact) mass is 265 g/mol. The molecule has 78 valence electrons. The summed E-state index contributed by atoms with van der Waals surface area (Å²) < 4.78 is 6.18. The molecule has 0 heterocycles. The van der Waals surface area contributed by atoms with E-state index < -0.39 is 0 Å². The summed E-state index contributed by atoms with van der Waals surface area (Å²) in [4.78, 5) is 3.78. The largest absolute Gasteiger partial charge is 0.496 e. The zero-order valence-corrected chi connectivity index (χ0v) is 10.2. The maximum Gasteiger partial charge on any atom is 0.257 e. The van der Waals surface area contributed by atoms with Crippen molar-refractivity contribution >= 4 is 15.9 Å². The molecular formula is C12H12BrNO. The molecule has 0 saturated heterocycles. The molecule has 3 heteroatoms. The summed E-state index contributed by atoms with van der Waals surface area (Å²) in [6.45, 7) is 7.30. The normalized spacial score (nSPS) is 17.7. The summed E-state index contributed by atoms with van der Waals surface area (Å²) in [5, 5.41) is 0. The van der Waals surface area contributed by atoms with Crippen LogP contribution in [0.1, 0.15) is 24.8 Å². The highest BCUT2D eigenvalue weighted by Gasteiger charge is 2.45. The van der Waals surface area contributed by atoms with Crippen LogP contribution < -0.4 is 4.74 Å². The SMILES string of the molecule is [C-]#[N+]C1(c2ccc(Br)c(OC)c2)CCC1. The Kier molecular flexibility index (Phi) is 2.70. The molecule has 0 N–H and O–H groups in total. The van der Waals surface area contributed by atoms with Gasteiger partial charge in [-0.15, -0.1) is 0 Å². The fourth-order valence-corrected chi connectivity index (χ4v) is 2.33. The Hall–Kier alpha value is -1.01. The minimum absolute atomic E-state index is 0.270. The van der Waals surface area contributed by atoms with Crippen LogP contribution in [0.15, 0.2) is 22.7 Å². The molecular weight excluding hydrogens is 254 g/mol. The first kappa shape index (κ1) is 10.5. The smallest absolute Gasteiger partial charge is 0.257 e. The number of hydrogen-bond donors (Lipinski definition) is 0. The maximum absolute atomic E-state index is 7.30. The van der Waals surface area contributed by atoms with Gasteiger partial charge in [0.1, 0.15) is 5.75 Å². The number of benzene rings is 1. The Labute approximate surface area is 98.2 Å². The van der Waals surface area contributed by atoms with Gasteiger partial charge in [-0.25, -0.2) is 6.57 Å². The van der Waals surface area contributed by atoms with E-state index in [1.807, 2.05) is 18.2 Å². The van der Waals surface area contributed by atoms with Crippen LogP contribution in [0.3, 0.4) is 0 Å². The van der Waals surface area contributed by atoms with Gasteiger partial charge in [0.15, 0.2) is 0 Å². The van der Waals surface area contributed by atoms with E-state index in [0.29, 0.717) is 0 Å². The van der Waals surface area contributed by atoms with Crippen LogP contribution >= 0.6 is 15.9 Å². The van der Waals surface area contributed by atoms with Crippen LogP contribution in [0.4, 0.5) is 0 Å². The van der Waals surface area contributed by atoms with Crippen molar-refractivity contribution in [3.05, 3.63) is 39.7 Å². The van der Waals surface area contributed by atoms with Crippen LogP contribution in [-0.4, -0.2) is 7.11 Å². The first-order valence-corrected chi connectivity index (χ1v) is 5.74. The van der Waals surface area contributed by atoms with Gasteiger partial charge >= 0.3 is 0 Å². The van der Waals surface area contributed by atoms with Crippen molar-refractivity contribution in [3.8, 4) is 5.75 Å². The van der Waals surface area contributed by atoms with E-state index in [1.165, 1.54) is 0 Å². The topological polar surface area (TPSA) is 13.6 Å². The lowest BCUT2D eigenvalue weighted by molar-refractivity contribution is 0.308. The van der Waals surface area contributed by atoms with Gasteiger partial charge in [-0.05, 0) is 40.5 Å². The molecule has 2 rings (SSSR count). The molecule has 1 aliphatic rings. The fraction of sp³-hybridized carbons (Fsp3) is 0.417.